The minimum atomic E-state index is 0.404. The highest BCUT2D eigenvalue weighted by molar-refractivity contribution is 4.92. The molecule has 0 aromatic carbocycles. The molecule has 0 saturated carbocycles. The average molecular weight is 155 g/mol. The van der Waals surface area contributed by atoms with E-state index in [1.165, 1.54) is 25.7 Å². The van der Waals surface area contributed by atoms with Crippen molar-refractivity contribution in [1.29, 1.82) is 0 Å². The Balaban J connectivity index is 2.02. The van der Waals surface area contributed by atoms with Gasteiger partial charge in [-0.3, -0.25) is 0 Å². The first kappa shape index (κ1) is 7.56. The number of aliphatic hydroxyl groups is 1. The van der Waals surface area contributed by atoms with Crippen LogP contribution in [0, 0.1) is 5.92 Å². The van der Waals surface area contributed by atoms with Gasteiger partial charge in [-0.1, -0.05) is 0 Å². The molecule has 2 atom stereocenters. The van der Waals surface area contributed by atoms with Crippen LogP contribution in [0.2, 0.25) is 0 Å². The Bertz CT molecular complexity index is 134. The minimum absolute atomic E-state index is 0.404. The van der Waals surface area contributed by atoms with E-state index in [4.69, 9.17) is 5.11 Å². The van der Waals surface area contributed by atoms with Crippen LogP contribution in [-0.4, -0.2) is 35.7 Å². The van der Waals surface area contributed by atoms with Gasteiger partial charge in [0.2, 0.25) is 0 Å². The fourth-order valence-corrected chi connectivity index (χ4v) is 2.67. The molecule has 0 aromatic rings. The Hall–Kier alpha value is -0.0800. The van der Waals surface area contributed by atoms with Crippen molar-refractivity contribution in [2.75, 3.05) is 13.7 Å². The van der Waals surface area contributed by atoms with Crippen LogP contribution in [0.15, 0.2) is 0 Å². The van der Waals surface area contributed by atoms with Gasteiger partial charge in [-0.15, -0.1) is 0 Å². The van der Waals surface area contributed by atoms with Crippen LogP contribution in [0.4, 0.5) is 0 Å². The fraction of sp³-hybridized carbons (Fsp3) is 1.00. The SMILES string of the molecule is CN1[C@H]2CC[C@H]1CC(CO)C2. The van der Waals surface area contributed by atoms with Gasteiger partial charge >= 0.3 is 0 Å². The van der Waals surface area contributed by atoms with Crippen molar-refractivity contribution < 1.29 is 5.11 Å². The minimum Gasteiger partial charge on any atom is -0.396 e. The molecule has 2 bridgehead atoms. The highest BCUT2D eigenvalue weighted by atomic mass is 16.3. The van der Waals surface area contributed by atoms with Crippen LogP contribution in [0.3, 0.4) is 0 Å². The molecule has 0 aliphatic carbocycles. The summed E-state index contributed by atoms with van der Waals surface area (Å²) < 4.78 is 0. The second kappa shape index (κ2) is 2.76. The number of fused-ring (bicyclic) bond motifs is 2. The summed E-state index contributed by atoms with van der Waals surface area (Å²) in [4.78, 5) is 2.51. The third-order valence-corrected chi connectivity index (χ3v) is 3.45. The Labute approximate surface area is 68.2 Å². The molecule has 2 rings (SSSR count). The Morgan fingerprint density at radius 1 is 1.27 bits per heavy atom. The number of piperidine rings is 1. The zero-order valence-electron chi connectivity index (χ0n) is 7.16. The van der Waals surface area contributed by atoms with Crippen LogP contribution in [0.25, 0.3) is 0 Å². The normalized spacial score (nSPS) is 44.7. The number of hydrogen-bond acceptors (Lipinski definition) is 2. The van der Waals surface area contributed by atoms with Crippen molar-refractivity contribution in [2.45, 2.75) is 37.8 Å². The molecule has 0 aromatic heterocycles. The third-order valence-electron chi connectivity index (χ3n) is 3.45. The lowest BCUT2D eigenvalue weighted by atomic mass is 9.92. The van der Waals surface area contributed by atoms with Gasteiger partial charge in [-0.2, -0.15) is 0 Å². The number of hydrogen-bond donors (Lipinski definition) is 1. The summed E-state index contributed by atoms with van der Waals surface area (Å²) in [5, 5.41) is 9.02. The molecule has 2 aliphatic heterocycles. The molecule has 11 heavy (non-hydrogen) atoms. The molecule has 64 valence electrons. The second-order valence-electron chi connectivity index (χ2n) is 4.07. The Kier molecular flexibility index (Phi) is 1.90. The van der Waals surface area contributed by atoms with Gasteiger partial charge in [-0.25, -0.2) is 0 Å². The summed E-state index contributed by atoms with van der Waals surface area (Å²) in [5.41, 5.74) is 0. The first-order valence-corrected chi connectivity index (χ1v) is 4.64. The lowest BCUT2D eigenvalue weighted by molar-refractivity contribution is 0.0945. The van der Waals surface area contributed by atoms with Gasteiger partial charge in [0, 0.05) is 18.7 Å². The molecule has 1 N–H and O–H groups in total. The van der Waals surface area contributed by atoms with Gasteiger partial charge in [0.05, 0.1) is 0 Å². The van der Waals surface area contributed by atoms with Gasteiger partial charge in [-0.05, 0) is 38.6 Å². The van der Waals surface area contributed by atoms with E-state index in [0.29, 0.717) is 12.5 Å². The fourth-order valence-electron chi connectivity index (χ4n) is 2.67. The van der Waals surface area contributed by atoms with Crippen molar-refractivity contribution in [3.8, 4) is 0 Å². The Morgan fingerprint density at radius 3 is 2.27 bits per heavy atom. The predicted molar refractivity (Wildman–Crippen MR) is 44.4 cm³/mol. The molecular formula is C9H17NO. The molecular weight excluding hydrogens is 138 g/mol. The molecule has 0 spiro atoms. The van der Waals surface area contributed by atoms with Crippen molar-refractivity contribution in [1.82, 2.24) is 4.90 Å². The molecule has 2 nitrogen and oxygen atoms in total. The largest absolute Gasteiger partial charge is 0.396 e. The van der Waals surface area contributed by atoms with Crippen LogP contribution in [0.1, 0.15) is 25.7 Å². The number of nitrogens with zero attached hydrogens (tertiary/aromatic N) is 1. The molecule has 2 heterocycles. The van der Waals surface area contributed by atoms with Gasteiger partial charge in [0.1, 0.15) is 0 Å². The van der Waals surface area contributed by atoms with E-state index in [-0.39, 0.29) is 0 Å². The van der Waals surface area contributed by atoms with Gasteiger partial charge < -0.3 is 10.0 Å². The van der Waals surface area contributed by atoms with E-state index in [9.17, 15) is 0 Å². The maximum atomic E-state index is 9.02. The maximum absolute atomic E-state index is 9.02. The third kappa shape index (κ3) is 1.18. The smallest absolute Gasteiger partial charge is 0.0460 e. The van der Waals surface area contributed by atoms with Crippen molar-refractivity contribution in [3.63, 3.8) is 0 Å². The van der Waals surface area contributed by atoms with E-state index in [1.54, 1.807) is 0 Å². The molecule has 0 unspecified atom stereocenters. The average Bonchev–Trinajstić information content (AvgIpc) is 2.26. The molecule has 2 aliphatic rings. The number of rotatable bonds is 1. The zero-order chi connectivity index (χ0) is 7.84. The maximum Gasteiger partial charge on any atom is 0.0460 e. The summed E-state index contributed by atoms with van der Waals surface area (Å²) in [6, 6.07) is 1.57. The lowest BCUT2D eigenvalue weighted by Gasteiger charge is -2.35. The van der Waals surface area contributed by atoms with E-state index in [0.717, 1.165) is 12.1 Å². The molecule has 2 fully saturated rings. The van der Waals surface area contributed by atoms with E-state index in [2.05, 4.69) is 11.9 Å². The standard InChI is InChI=1S/C9H17NO/c1-10-8-2-3-9(10)5-7(4-8)6-11/h7-9,11H,2-6H2,1H3/t8-,9-/m0/s1. The highest BCUT2D eigenvalue weighted by Gasteiger charge is 2.37. The van der Waals surface area contributed by atoms with Crippen LogP contribution in [0.5, 0.6) is 0 Å². The summed E-state index contributed by atoms with van der Waals surface area (Å²) in [6.45, 7) is 0.404. The molecule has 2 heteroatoms. The quantitative estimate of drug-likeness (QED) is 0.607. The van der Waals surface area contributed by atoms with Gasteiger partial charge in [0.25, 0.3) is 0 Å². The van der Waals surface area contributed by atoms with Crippen LogP contribution < -0.4 is 0 Å². The predicted octanol–water partition coefficient (Wildman–Crippen LogP) is 0.851. The van der Waals surface area contributed by atoms with Crippen molar-refractivity contribution >= 4 is 0 Å². The van der Waals surface area contributed by atoms with E-state index < -0.39 is 0 Å². The van der Waals surface area contributed by atoms with Crippen LogP contribution in [-0.2, 0) is 0 Å². The van der Waals surface area contributed by atoms with Gasteiger partial charge in [0.15, 0.2) is 0 Å². The van der Waals surface area contributed by atoms with E-state index in [1.807, 2.05) is 0 Å². The summed E-state index contributed by atoms with van der Waals surface area (Å²) in [6.07, 6.45) is 5.17. The van der Waals surface area contributed by atoms with E-state index >= 15 is 0 Å². The van der Waals surface area contributed by atoms with Crippen LogP contribution >= 0.6 is 0 Å². The monoisotopic (exact) mass is 155 g/mol. The number of aliphatic hydroxyl groups excluding tert-OH is 1. The Morgan fingerprint density at radius 2 is 1.82 bits per heavy atom. The first-order chi connectivity index (χ1) is 5.31. The molecule has 2 saturated heterocycles. The summed E-state index contributed by atoms with van der Waals surface area (Å²) >= 11 is 0. The molecule has 0 radical (unpaired) electrons. The highest BCUT2D eigenvalue weighted by Crippen LogP contribution is 2.36. The molecule has 0 amide bonds. The van der Waals surface area contributed by atoms with Crippen molar-refractivity contribution in [3.05, 3.63) is 0 Å². The second-order valence-corrected chi connectivity index (χ2v) is 4.07. The topological polar surface area (TPSA) is 23.5 Å². The first-order valence-electron chi connectivity index (χ1n) is 4.64. The van der Waals surface area contributed by atoms with Crippen molar-refractivity contribution in [2.24, 2.45) is 5.92 Å². The summed E-state index contributed by atoms with van der Waals surface area (Å²) in [5.74, 6) is 0.601. The summed E-state index contributed by atoms with van der Waals surface area (Å²) in [7, 11) is 2.23. The lowest BCUT2D eigenvalue weighted by Crippen LogP contribution is -2.40. The zero-order valence-corrected chi connectivity index (χ0v) is 7.16.